The van der Waals surface area contributed by atoms with Gasteiger partial charge in [-0.1, -0.05) is 0 Å². The van der Waals surface area contributed by atoms with Crippen LogP contribution in [0.5, 0.6) is 23.0 Å². The molecule has 0 spiro atoms. The van der Waals surface area contributed by atoms with E-state index in [1.165, 1.54) is 31.4 Å². The number of phenols is 2. The summed E-state index contributed by atoms with van der Waals surface area (Å²) in [5, 5.41) is 28.5. The van der Waals surface area contributed by atoms with Crippen LogP contribution in [0.4, 0.5) is 13.2 Å². The quantitative estimate of drug-likeness (QED) is 0.639. The van der Waals surface area contributed by atoms with E-state index >= 15 is 0 Å². The Hall–Kier alpha value is -3.36. The first-order valence-corrected chi connectivity index (χ1v) is 7.11. The highest BCUT2D eigenvalue weighted by Crippen LogP contribution is 2.45. The predicted molar refractivity (Wildman–Crippen MR) is 84.5 cm³/mol. The van der Waals surface area contributed by atoms with Crippen molar-refractivity contribution in [2.75, 3.05) is 7.11 Å². The van der Waals surface area contributed by atoms with E-state index in [0.29, 0.717) is 11.8 Å². The molecule has 0 bridgehead atoms. The lowest BCUT2D eigenvalue weighted by atomic mass is 10.1. The van der Waals surface area contributed by atoms with Crippen LogP contribution in [0.15, 0.2) is 39.5 Å². The highest BCUT2D eigenvalue weighted by molar-refractivity contribution is 5.91. The smallest absolute Gasteiger partial charge is 0.423 e. The van der Waals surface area contributed by atoms with Crippen LogP contribution in [0, 0.1) is 0 Å². The molecule has 3 aromatic rings. The van der Waals surface area contributed by atoms with Gasteiger partial charge < -0.3 is 24.5 Å². The van der Waals surface area contributed by atoms with Gasteiger partial charge in [0.1, 0.15) is 28.2 Å². The Kier molecular flexibility index (Phi) is 3.94. The summed E-state index contributed by atoms with van der Waals surface area (Å²) in [5.74, 6) is -3.34. The number of rotatable bonds is 2. The van der Waals surface area contributed by atoms with Crippen LogP contribution >= 0.6 is 0 Å². The third-order valence-electron chi connectivity index (χ3n) is 3.74. The van der Waals surface area contributed by atoms with Crippen LogP contribution in [-0.4, -0.2) is 22.4 Å². The third kappa shape index (κ3) is 2.67. The number of alkyl halides is 3. The zero-order valence-corrected chi connectivity index (χ0v) is 13.1. The summed E-state index contributed by atoms with van der Waals surface area (Å²) in [6.45, 7) is 0. The zero-order chi connectivity index (χ0) is 19.2. The van der Waals surface area contributed by atoms with Gasteiger partial charge in [-0.2, -0.15) is 13.2 Å². The van der Waals surface area contributed by atoms with Gasteiger partial charge in [0.05, 0.1) is 7.11 Å². The van der Waals surface area contributed by atoms with Gasteiger partial charge in [-0.25, -0.2) is 0 Å². The first kappa shape index (κ1) is 17.5. The minimum Gasteiger partial charge on any atom is -0.507 e. The van der Waals surface area contributed by atoms with Gasteiger partial charge in [0.25, 0.3) is 0 Å². The van der Waals surface area contributed by atoms with Crippen molar-refractivity contribution >= 4 is 11.0 Å². The topological polar surface area (TPSA) is 100 Å². The van der Waals surface area contributed by atoms with Crippen molar-refractivity contribution in [2.45, 2.75) is 6.18 Å². The predicted octanol–water partition coefficient (Wildman–Crippen LogP) is 3.60. The molecule has 0 aliphatic rings. The number of methoxy groups -OCH3 is 1. The van der Waals surface area contributed by atoms with Crippen molar-refractivity contribution in [3.8, 4) is 34.3 Å². The van der Waals surface area contributed by atoms with Crippen molar-refractivity contribution < 1.29 is 37.6 Å². The monoisotopic (exact) mass is 368 g/mol. The van der Waals surface area contributed by atoms with Crippen LogP contribution < -0.4 is 10.2 Å². The molecule has 0 unspecified atom stereocenters. The zero-order valence-electron chi connectivity index (χ0n) is 13.1. The molecule has 0 aliphatic carbocycles. The molecule has 0 radical (unpaired) electrons. The van der Waals surface area contributed by atoms with Gasteiger partial charge in [-0.15, -0.1) is 0 Å². The number of fused-ring (bicyclic) bond motifs is 1. The Labute approximate surface area is 143 Å². The molecule has 1 heterocycles. The Balaban J connectivity index is 2.43. The maximum Gasteiger partial charge on any atom is 0.423 e. The lowest BCUT2D eigenvalue weighted by Crippen LogP contribution is -2.10. The Bertz CT molecular complexity index is 1050. The summed E-state index contributed by atoms with van der Waals surface area (Å²) in [6.07, 6.45) is -5.07. The Morgan fingerprint density at radius 1 is 1.04 bits per heavy atom. The number of hydrogen-bond donors (Lipinski definition) is 3. The summed E-state index contributed by atoms with van der Waals surface area (Å²) in [5.41, 5.74) is -3.88. The van der Waals surface area contributed by atoms with Gasteiger partial charge in [-0.05, 0) is 24.3 Å². The van der Waals surface area contributed by atoms with Gasteiger partial charge in [0.15, 0.2) is 11.3 Å². The number of phenolic OH excluding ortho intramolecular Hbond substituents is 2. The molecule has 3 rings (SSSR count). The first-order valence-electron chi connectivity index (χ1n) is 7.11. The maximum absolute atomic E-state index is 13.3. The number of benzene rings is 2. The second-order valence-electron chi connectivity index (χ2n) is 5.33. The van der Waals surface area contributed by atoms with Crippen molar-refractivity contribution in [3.05, 3.63) is 46.1 Å². The molecule has 0 fully saturated rings. The SMILES string of the molecule is COc1ccc(-c2oc3c(C(F)(F)F)c(O)cc(O)c3c(=O)c2O)cc1. The molecule has 0 saturated heterocycles. The maximum atomic E-state index is 13.3. The molecule has 26 heavy (non-hydrogen) atoms. The summed E-state index contributed by atoms with van der Waals surface area (Å²) < 4.78 is 50.0. The molecule has 136 valence electrons. The molecular weight excluding hydrogens is 357 g/mol. The highest BCUT2D eigenvalue weighted by atomic mass is 19.4. The first-order chi connectivity index (χ1) is 12.1. The van der Waals surface area contributed by atoms with Crippen LogP contribution in [0.25, 0.3) is 22.3 Å². The molecule has 1 aromatic heterocycles. The van der Waals surface area contributed by atoms with E-state index in [-0.39, 0.29) is 5.56 Å². The average Bonchev–Trinajstić information content (AvgIpc) is 2.56. The number of aromatic hydroxyl groups is 3. The Morgan fingerprint density at radius 2 is 1.65 bits per heavy atom. The standard InChI is InChI=1S/C17H11F3O6/c1-25-8-4-2-7(3-5-8)15-14(24)13(23)11-9(21)6-10(22)12(16(11)26-15)17(18,19)20/h2-6,21-22,24H,1H3. The molecule has 0 aliphatic heterocycles. The fourth-order valence-electron chi connectivity index (χ4n) is 2.54. The van der Waals surface area contributed by atoms with E-state index in [9.17, 15) is 33.3 Å². The van der Waals surface area contributed by atoms with Crippen LogP contribution in [0.3, 0.4) is 0 Å². The van der Waals surface area contributed by atoms with Crippen LogP contribution in [0.2, 0.25) is 0 Å². The van der Waals surface area contributed by atoms with Gasteiger partial charge in [0, 0.05) is 11.6 Å². The second kappa shape index (κ2) is 5.87. The van der Waals surface area contributed by atoms with Gasteiger partial charge in [-0.3, -0.25) is 4.79 Å². The van der Waals surface area contributed by atoms with Crippen molar-refractivity contribution in [1.29, 1.82) is 0 Å². The van der Waals surface area contributed by atoms with E-state index < -0.39 is 51.1 Å². The third-order valence-corrected chi connectivity index (χ3v) is 3.74. The molecule has 0 saturated carbocycles. The lowest BCUT2D eigenvalue weighted by Gasteiger charge is -2.14. The molecular formula is C17H11F3O6. The minimum atomic E-state index is -5.07. The van der Waals surface area contributed by atoms with E-state index in [1.54, 1.807) is 0 Å². The molecule has 0 atom stereocenters. The minimum absolute atomic E-state index is 0.0956. The molecule has 0 amide bonds. The van der Waals surface area contributed by atoms with Crippen molar-refractivity contribution in [2.24, 2.45) is 0 Å². The van der Waals surface area contributed by atoms with Gasteiger partial charge >= 0.3 is 6.18 Å². The molecule has 6 nitrogen and oxygen atoms in total. The second-order valence-corrected chi connectivity index (χ2v) is 5.33. The molecule has 2 aromatic carbocycles. The fraction of sp³-hybridized carbons (Fsp3) is 0.118. The van der Waals surface area contributed by atoms with E-state index in [4.69, 9.17) is 9.15 Å². The number of halogens is 3. The van der Waals surface area contributed by atoms with Crippen molar-refractivity contribution in [3.63, 3.8) is 0 Å². The lowest BCUT2D eigenvalue weighted by molar-refractivity contribution is -0.138. The number of hydrogen-bond acceptors (Lipinski definition) is 6. The Morgan fingerprint density at radius 3 is 2.19 bits per heavy atom. The average molecular weight is 368 g/mol. The molecule has 3 N–H and O–H groups in total. The van der Waals surface area contributed by atoms with Crippen LogP contribution in [-0.2, 0) is 6.18 Å². The summed E-state index contributed by atoms with van der Waals surface area (Å²) in [4.78, 5) is 12.3. The highest BCUT2D eigenvalue weighted by Gasteiger charge is 2.39. The van der Waals surface area contributed by atoms with E-state index in [1.807, 2.05) is 0 Å². The summed E-state index contributed by atoms with van der Waals surface area (Å²) in [6, 6.07) is 5.98. The van der Waals surface area contributed by atoms with Gasteiger partial charge in [0.2, 0.25) is 11.2 Å². The normalized spacial score (nSPS) is 11.7. The molecule has 9 heteroatoms. The number of ether oxygens (including phenoxy) is 1. The summed E-state index contributed by atoms with van der Waals surface area (Å²) in [7, 11) is 1.41. The summed E-state index contributed by atoms with van der Waals surface area (Å²) >= 11 is 0. The van der Waals surface area contributed by atoms with E-state index in [0.717, 1.165) is 0 Å². The van der Waals surface area contributed by atoms with E-state index in [2.05, 4.69) is 0 Å². The van der Waals surface area contributed by atoms with Crippen LogP contribution in [0.1, 0.15) is 5.56 Å². The van der Waals surface area contributed by atoms with Crippen molar-refractivity contribution in [1.82, 2.24) is 0 Å². The largest absolute Gasteiger partial charge is 0.507 e. The fourth-order valence-corrected chi connectivity index (χ4v) is 2.54.